The monoisotopic (exact) mass is 446 g/mol. The zero-order valence-electron chi connectivity index (χ0n) is 18.2. The molecule has 6 heteroatoms. The van der Waals surface area contributed by atoms with Crippen molar-refractivity contribution in [2.75, 3.05) is 23.1 Å². The summed E-state index contributed by atoms with van der Waals surface area (Å²) in [5.41, 5.74) is 4.35. The molecule has 0 aliphatic carbocycles. The van der Waals surface area contributed by atoms with Crippen LogP contribution in [-0.4, -0.2) is 24.7 Å². The van der Waals surface area contributed by atoms with Crippen molar-refractivity contribution in [2.24, 2.45) is 0 Å². The van der Waals surface area contributed by atoms with Crippen molar-refractivity contribution in [2.45, 2.75) is 25.1 Å². The van der Waals surface area contributed by atoms with Gasteiger partial charge in [-0.3, -0.25) is 14.5 Å². The molecule has 1 aliphatic rings. The SMILES string of the molecule is CCCc1ccccc1N1C(=O)CSC1c1cccc(NC(=O)c2cccc(OC)c2)c1. The van der Waals surface area contributed by atoms with E-state index in [4.69, 9.17) is 4.74 Å². The summed E-state index contributed by atoms with van der Waals surface area (Å²) in [6.45, 7) is 2.14. The number of hydrogen-bond donors (Lipinski definition) is 1. The lowest BCUT2D eigenvalue weighted by atomic mass is 10.1. The standard InChI is InChI=1S/C26H26N2O3S/c1-3-8-18-9-4-5-14-23(18)28-24(29)17-32-26(28)20-11-6-12-21(15-20)27-25(30)19-10-7-13-22(16-19)31-2/h4-7,9-16,26H,3,8,17H2,1-2H3,(H,27,30). The van der Waals surface area contributed by atoms with Crippen molar-refractivity contribution < 1.29 is 14.3 Å². The fourth-order valence-electron chi connectivity index (χ4n) is 3.90. The first kappa shape index (κ1) is 22.0. The molecular weight excluding hydrogens is 420 g/mol. The van der Waals surface area contributed by atoms with Crippen LogP contribution in [0.15, 0.2) is 72.8 Å². The highest BCUT2D eigenvalue weighted by Gasteiger charge is 2.35. The summed E-state index contributed by atoms with van der Waals surface area (Å²) in [5.74, 6) is 0.968. The molecule has 5 nitrogen and oxygen atoms in total. The normalized spacial score (nSPS) is 15.6. The molecule has 2 amide bonds. The van der Waals surface area contributed by atoms with Crippen LogP contribution < -0.4 is 15.0 Å². The van der Waals surface area contributed by atoms with Crippen molar-refractivity contribution in [3.8, 4) is 5.75 Å². The Morgan fingerprint density at radius 3 is 2.72 bits per heavy atom. The van der Waals surface area contributed by atoms with Crippen molar-refractivity contribution in [1.29, 1.82) is 0 Å². The van der Waals surface area contributed by atoms with E-state index < -0.39 is 0 Å². The number of amides is 2. The van der Waals surface area contributed by atoms with Crippen molar-refractivity contribution in [3.05, 3.63) is 89.5 Å². The molecule has 1 saturated heterocycles. The van der Waals surface area contributed by atoms with Gasteiger partial charge in [0.15, 0.2) is 0 Å². The number of ether oxygens (including phenoxy) is 1. The number of benzene rings is 3. The lowest BCUT2D eigenvalue weighted by Gasteiger charge is -2.27. The average Bonchev–Trinajstić information content (AvgIpc) is 3.21. The molecule has 4 rings (SSSR count). The number of methoxy groups -OCH3 is 1. The minimum Gasteiger partial charge on any atom is -0.497 e. The number of aryl methyl sites for hydroxylation is 1. The second-order valence-electron chi connectivity index (χ2n) is 7.62. The van der Waals surface area contributed by atoms with Crippen LogP contribution in [0.1, 0.15) is 40.2 Å². The van der Waals surface area contributed by atoms with E-state index in [1.165, 1.54) is 5.56 Å². The molecule has 0 saturated carbocycles. The molecular formula is C26H26N2O3S. The van der Waals surface area contributed by atoms with E-state index in [1.54, 1.807) is 43.1 Å². The van der Waals surface area contributed by atoms with Crippen LogP contribution in [0, 0.1) is 0 Å². The Morgan fingerprint density at radius 2 is 1.91 bits per heavy atom. The number of hydrogen-bond acceptors (Lipinski definition) is 4. The molecule has 3 aromatic carbocycles. The number of anilines is 2. The van der Waals surface area contributed by atoms with Crippen LogP contribution in [0.4, 0.5) is 11.4 Å². The Morgan fingerprint density at radius 1 is 1.09 bits per heavy atom. The molecule has 0 radical (unpaired) electrons. The molecule has 164 valence electrons. The van der Waals surface area contributed by atoms with E-state index >= 15 is 0 Å². The fourth-order valence-corrected chi connectivity index (χ4v) is 5.05. The number of carbonyl (C=O) groups excluding carboxylic acids is 2. The number of nitrogens with zero attached hydrogens (tertiary/aromatic N) is 1. The topological polar surface area (TPSA) is 58.6 Å². The van der Waals surface area contributed by atoms with Gasteiger partial charge in [0.25, 0.3) is 5.91 Å². The third-order valence-corrected chi connectivity index (χ3v) is 6.61. The van der Waals surface area contributed by atoms with E-state index in [1.807, 2.05) is 47.4 Å². The van der Waals surface area contributed by atoms with Gasteiger partial charge in [0.1, 0.15) is 11.1 Å². The molecule has 1 heterocycles. The molecule has 0 bridgehead atoms. The lowest BCUT2D eigenvalue weighted by Crippen LogP contribution is -2.28. The van der Waals surface area contributed by atoms with Crippen LogP contribution in [0.3, 0.4) is 0 Å². The zero-order valence-corrected chi connectivity index (χ0v) is 19.0. The highest BCUT2D eigenvalue weighted by molar-refractivity contribution is 8.00. The Balaban J connectivity index is 1.59. The van der Waals surface area contributed by atoms with E-state index in [0.717, 1.165) is 24.1 Å². The summed E-state index contributed by atoms with van der Waals surface area (Å²) in [4.78, 5) is 27.5. The smallest absolute Gasteiger partial charge is 0.255 e. The van der Waals surface area contributed by atoms with Gasteiger partial charge < -0.3 is 10.1 Å². The molecule has 1 N–H and O–H groups in total. The van der Waals surface area contributed by atoms with Gasteiger partial charge in [-0.25, -0.2) is 0 Å². The van der Waals surface area contributed by atoms with Crippen molar-refractivity contribution >= 4 is 35.0 Å². The van der Waals surface area contributed by atoms with Crippen LogP contribution in [-0.2, 0) is 11.2 Å². The van der Waals surface area contributed by atoms with Crippen LogP contribution in [0.25, 0.3) is 0 Å². The number of thioether (sulfide) groups is 1. The Bertz CT molecular complexity index is 1130. The Hall–Kier alpha value is -3.25. The molecule has 0 spiro atoms. The van der Waals surface area contributed by atoms with Gasteiger partial charge in [-0.2, -0.15) is 0 Å². The summed E-state index contributed by atoms with van der Waals surface area (Å²) < 4.78 is 5.21. The van der Waals surface area contributed by atoms with Gasteiger partial charge in [0, 0.05) is 16.9 Å². The molecule has 1 aliphatic heterocycles. The second kappa shape index (κ2) is 9.92. The van der Waals surface area contributed by atoms with Crippen LogP contribution >= 0.6 is 11.8 Å². The fraction of sp³-hybridized carbons (Fsp3) is 0.231. The maximum Gasteiger partial charge on any atom is 0.255 e. The predicted octanol–water partition coefficient (Wildman–Crippen LogP) is 5.68. The third kappa shape index (κ3) is 4.65. The van der Waals surface area contributed by atoms with E-state index in [9.17, 15) is 9.59 Å². The zero-order chi connectivity index (χ0) is 22.5. The second-order valence-corrected chi connectivity index (χ2v) is 8.69. The molecule has 0 aromatic heterocycles. The first-order valence-corrected chi connectivity index (χ1v) is 11.7. The van der Waals surface area contributed by atoms with Gasteiger partial charge in [0.2, 0.25) is 5.91 Å². The summed E-state index contributed by atoms with van der Waals surface area (Å²) in [7, 11) is 1.57. The number of rotatable bonds is 7. The average molecular weight is 447 g/mol. The molecule has 32 heavy (non-hydrogen) atoms. The third-order valence-electron chi connectivity index (χ3n) is 5.40. The summed E-state index contributed by atoms with van der Waals surface area (Å²) in [6, 6.07) is 22.9. The van der Waals surface area contributed by atoms with Crippen molar-refractivity contribution in [1.82, 2.24) is 0 Å². The molecule has 3 aromatic rings. The quantitative estimate of drug-likeness (QED) is 0.507. The van der Waals surface area contributed by atoms with Gasteiger partial charge >= 0.3 is 0 Å². The Kier molecular flexibility index (Phi) is 6.81. The van der Waals surface area contributed by atoms with Crippen molar-refractivity contribution in [3.63, 3.8) is 0 Å². The maximum absolute atomic E-state index is 12.8. The first-order valence-electron chi connectivity index (χ1n) is 10.7. The van der Waals surface area contributed by atoms with Crippen LogP contribution in [0.2, 0.25) is 0 Å². The molecule has 1 fully saturated rings. The highest BCUT2D eigenvalue weighted by Crippen LogP contribution is 2.43. The number of nitrogens with one attached hydrogen (secondary N) is 1. The highest BCUT2D eigenvalue weighted by atomic mass is 32.2. The first-order chi connectivity index (χ1) is 15.6. The largest absolute Gasteiger partial charge is 0.497 e. The van der Waals surface area contributed by atoms with E-state index in [-0.39, 0.29) is 17.2 Å². The minimum absolute atomic E-state index is 0.106. The molecule has 1 unspecified atom stereocenters. The van der Waals surface area contributed by atoms with E-state index in [2.05, 4.69) is 18.3 Å². The lowest BCUT2D eigenvalue weighted by molar-refractivity contribution is -0.115. The summed E-state index contributed by atoms with van der Waals surface area (Å²) in [6.07, 6.45) is 1.94. The minimum atomic E-state index is -0.207. The van der Waals surface area contributed by atoms with Gasteiger partial charge in [-0.1, -0.05) is 49.7 Å². The summed E-state index contributed by atoms with van der Waals surface area (Å²) >= 11 is 1.61. The summed E-state index contributed by atoms with van der Waals surface area (Å²) in [5, 5.41) is 2.83. The van der Waals surface area contributed by atoms with Crippen LogP contribution in [0.5, 0.6) is 5.75 Å². The predicted molar refractivity (Wildman–Crippen MR) is 131 cm³/mol. The van der Waals surface area contributed by atoms with Gasteiger partial charge in [0.05, 0.1) is 12.9 Å². The van der Waals surface area contributed by atoms with Gasteiger partial charge in [-0.05, 0) is 53.9 Å². The van der Waals surface area contributed by atoms with Gasteiger partial charge in [-0.15, -0.1) is 11.8 Å². The molecule has 1 atom stereocenters. The van der Waals surface area contributed by atoms with E-state index in [0.29, 0.717) is 22.8 Å². The maximum atomic E-state index is 12.8. The Labute approximate surface area is 192 Å². The number of carbonyl (C=O) groups is 2. The number of para-hydroxylation sites is 1.